The number of hydrogen-bond acceptors (Lipinski definition) is 6. The summed E-state index contributed by atoms with van der Waals surface area (Å²) < 4.78 is 48.9. The van der Waals surface area contributed by atoms with E-state index in [4.69, 9.17) is 9.47 Å². The second kappa shape index (κ2) is 9.85. The van der Waals surface area contributed by atoms with Crippen molar-refractivity contribution in [1.82, 2.24) is 14.8 Å². The predicted molar refractivity (Wildman–Crippen MR) is 122 cm³/mol. The summed E-state index contributed by atoms with van der Waals surface area (Å²) in [5.74, 6) is 1.09. The lowest BCUT2D eigenvalue weighted by molar-refractivity contribution is -0.138. The molecule has 8 nitrogen and oxygen atoms in total. The Morgan fingerprint density at radius 3 is 2.34 bits per heavy atom. The number of hydrogen-bond donors (Lipinski definition) is 0. The molecule has 0 saturated carbocycles. The number of fused-ring (bicyclic) bond motifs is 1. The van der Waals surface area contributed by atoms with Crippen LogP contribution in [0.1, 0.15) is 16.7 Å². The molecule has 2 amide bonds. The Labute approximate surface area is 200 Å². The zero-order valence-corrected chi connectivity index (χ0v) is 19.3. The minimum absolute atomic E-state index is 0.101. The number of methoxy groups -OCH3 is 2. The molecule has 1 saturated heterocycles. The number of amides is 2. The zero-order chi connectivity index (χ0) is 25.2. The van der Waals surface area contributed by atoms with Crippen molar-refractivity contribution >= 4 is 23.7 Å². The van der Waals surface area contributed by atoms with Gasteiger partial charge in [-0.05, 0) is 41.5 Å². The van der Waals surface area contributed by atoms with Gasteiger partial charge in [-0.2, -0.15) is 13.2 Å². The number of anilines is 1. The van der Waals surface area contributed by atoms with Crippen molar-refractivity contribution in [3.05, 3.63) is 53.4 Å². The van der Waals surface area contributed by atoms with Crippen LogP contribution in [0.4, 0.5) is 19.0 Å². The van der Waals surface area contributed by atoms with Crippen LogP contribution in [0.25, 0.3) is 6.08 Å². The average Bonchev–Trinajstić information content (AvgIpc) is 3.00. The van der Waals surface area contributed by atoms with Crippen molar-refractivity contribution in [1.29, 1.82) is 0 Å². The predicted octanol–water partition coefficient (Wildman–Crippen LogP) is 2.82. The molecule has 1 aromatic heterocycles. The third-order valence-electron chi connectivity index (χ3n) is 6.08. The van der Waals surface area contributed by atoms with Crippen LogP contribution in [0, 0.1) is 0 Å². The normalized spacial score (nSPS) is 16.1. The quantitative estimate of drug-likeness (QED) is 0.642. The molecule has 0 N–H and O–H groups in total. The SMILES string of the molecule is COc1cc2c(cc1OC)CC(=O)N(CC(=O)N1CCN(c3ccc(C(F)(F)F)cn3)CC1)C=C2. The molecule has 0 aliphatic carbocycles. The molecule has 0 spiro atoms. The van der Waals surface area contributed by atoms with Gasteiger partial charge in [0.05, 0.1) is 26.2 Å². The smallest absolute Gasteiger partial charge is 0.417 e. The van der Waals surface area contributed by atoms with Crippen molar-refractivity contribution in [3.8, 4) is 11.5 Å². The van der Waals surface area contributed by atoms with E-state index < -0.39 is 11.7 Å². The van der Waals surface area contributed by atoms with Crippen LogP contribution in [0.5, 0.6) is 11.5 Å². The highest BCUT2D eigenvalue weighted by molar-refractivity contribution is 5.89. The Hall–Kier alpha value is -3.76. The first-order valence-electron chi connectivity index (χ1n) is 11.0. The first-order chi connectivity index (χ1) is 16.7. The monoisotopic (exact) mass is 490 g/mol. The summed E-state index contributed by atoms with van der Waals surface area (Å²) in [5.41, 5.74) is 0.782. The lowest BCUT2D eigenvalue weighted by Gasteiger charge is -2.36. The first kappa shape index (κ1) is 24.4. The fourth-order valence-corrected chi connectivity index (χ4v) is 4.08. The van der Waals surface area contributed by atoms with E-state index in [0.717, 1.165) is 23.4 Å². The van der Waals surface area contributed by atoms with Crippen molar-refractivity contribution in [2.75, 3.05) is 51.8 Å². The number of rotatable bonds is 5. The summed E-state index contributed by atoms with van der Waals surface area (Å²) in [5, 5.41) is 0. The Morgan fingerprint density at radius 1 is 1.06 bits per heavy atom. The van der Waals surface area contributed by atoms with Gasteiger partial charge in [-0.25, -0.2) is 4.98 Å². The fraction of sp³-hybridized carbons (Fsp3) is 0.375. The maximum atomic E-state index is 12.9. The standard InChI is InChI=1S/C24H25F3N4O4/c1-34-19-11-16-5-6-31(22(32)13-17(16)12-20(19)35-2)15-23(33)30-9-7-29(8-10-30)21-4-3-18(14-28-21)24(25,26)27/h3-6,11-12,14H,7-10,13,15H2,1-2H3. The van der Waals surface area contributed by atoms with Gasteiger partial charge in [-0.1, -0.05) is 0 Å². The van der Waals surface area contributed by atoms with Gasteiger partial charge in [-0.15, -0.1) is 0 Å². The van der Waals surface area contributed by atoms with Crippen LogP contribution in [-0.2, 0) is 22.2 Å². The van der Waals surface area contributed by atoms with Crippen molar-refractivity contribution in [2.24, 2.45) is 0 Å². The summed E-state index contributed by atoms with van der Waals surface area (Å²) in [7, 11) is 3.06. The molecule has 0 unspecified atom stereocenters. The van der Waals surface area contributed by atoms with E-state index in [-0.39, 0.29) is 24.8 Å². The van der Waals surface area contributed by atoms with Crippen LogP contribution in [-0.4, -0.2) is 73.5 Å². The molecule has 1 fully saturated rings. The molecule has 186 valence electrons. The van der Waals surface area contributed by atoms with Gasteiger partial charge < -0.3 is 24.2 Å². The number of alkyl halides is 3. The van der Waals surface area contributed by atoms with Crippen molar-refractivity contribution in [3.63, 3.8) is 0 Å². The Kier molecular flexibility index (Phi) is 6.86. The van der Waals surface area contributed by atoms with Crippen LogP contribution in [0.2, 0.25) is 0 Å². The topological polar surface area (TPSA) is 75.2 Å². The summed E-state index contributed by atoms with van der Waals surface area (Å²) in [6.07, 6.45) is -0.143. The Balaban J connectivity index is 1.36. The second-order valence-electron chi connectivity index (χ2n) is 8.19. The number of nitrogens with zero attached hydrogens (tertiary/aromatic N) is 4. The lowest BCUT2D eigenvalue weighted by atomic mass is 10.0. The molecule has 0 radical (unpaired) electrons. The van der Waals surface area contributed by atoms with E-state index in [1.807, 2.05) is 4.90 Å². The number of ether oxygens (including phenoxy) is 2. The molecule has 4 rings (SSSR count). The molecule has 1 aromatic carbocycles. The van der Waals surface area contributed by atoms with Gasteiger partial charge in [0.2, 0.25) is 11.8 Å². The van der Waals surface area contributed by atoms with Gasteiger partial charge in [0.15, 0.2) is 11.5 Å². The molecule has 0 bridgehead atoms. The molecular formula is C24H25F3N4O4. The molecule has 11 heteroatoms. The molecule has 2 aliphatic heterocycles. The van der Waals surface area contributed by atoms with Crippen molar-refractivity contribution < 1.29 is 32.2 Å². The van der Waals surface area contributed by atoms with E-state index in [0.29, 0.717) is 43.5 Å². The summed E-state index contributed by atoms with van der Waals surface area (Å²) >= 11 is 0. The third kappa shape index (κ3) is 5.33. The number of carbonyl (C=O) groups is 2. The molecule has 0 atom stereocenters. The number of aromatic nitrogens is 1. The van der Waals surface area contributed by atoms with Crippen LogP contribution < -0.4 is 14.4 Å². The Morgan fingerprint density at radius 2 is 1.74 bits per heavy atom. The number of pyridine rings is 1. The van der Waals surface area contributed by atoms with Gasteiger partial charge in [0, 0.05) is 38.6 Å². The highest BCUT2D eigenvalue weighted by Gasteiger charge is 2.31. The maximum absolute atomic E-state index is 12.9. The average molecular weight is 490 g/mol. The molecule has 35 heavy (non-hydrogen) atoms. The first-order valence-corrected chi connectivity index (χ1v) is 11.0. The third-order valence-corrected chi connectivity index (χ3v) is 6.08. The van der Waals surface area contributed by atoms with Crippen LogP contribution in [0.3, 0.4) is 0 Å². The summed E-state index contributed by atoms with van der Waals surface area (Å²) in [6.45, 7) is 1.51. The fourth-order valence-electron chi connectivity index (χ4n) is 4.08. The van der Waals surface area contributed by atoms with Crippen LogP contribution in [0.15, 0.2) is 36.7 Å². The number of carbonyl (C=O) groups excluding carboxylic acids is 2. The van der Waals surface area contributed by atoms with Crippen LogP contribution >= 0.6 is 0 Å². The highest BCUT2D eigenvalue weighted by atomic mass is 19.4. The van der Waals surface area contributed by atoms with Crippen molar-refractivity contribution in [2.45, 2.75) is 12.6 Å². The largest absolute Gasteiger partial charge is 0.493 e. The van der Waals surface area contributed by atoms with Gasteiger partial charge >= 0.3 is 6.18 Å². The minimum atomic E-state index is -4.44. The molecule has 2 aliphatic rings. The Bertz CT molecular complexity index is 1130. The number of piperazine rings is 1. The van der Waals surface area contributed by atoms with E-state index >= 15 is 0 Å². The van der Waals surface area contributed by atoms with Gasteiger partial charge in [0.1, 0.15) is 12.4 Å². The summed E-state index contributed by atoms with van der Waals surface area (Å²) in [4.78, 5) is 34.5. The van der Waals surface area contributed by atoms with Gasteiger partial charge in [-0.3, -0.25) is 9.59 Å². The van der Waals surface area contributed by atoms with E-state index in [2.05, 4.69) is 4.98 Å². The lowest BCUT2D eigenvalue weighted by Crippen LogP contribution is -2.51. The zero-order valence-electron chi connectivity index (χ0n) is 19.3. The summed E-state index contributed by atoms with van der Waals surface area (Å²) in [6, 6.07) is 5.89. The molecule has 3 heterocycles. The maximum Gasteiger partial charge on any atom is 0.417 e. The van der Waals surface area contributed by atoms with Gasteiger partial charge in [0.25, 0.3) is 0 Å². The second-order valence-corrected chi connectivity index (χ2v) is 8.19. The number of benzene rings is 1. The molecular weight excluding hydrogens is 465 g/mol. The van der Waals surface area contributed by atoms with E-state index in [1.54, 1.807) is 29.3 Å². The highest BCUT2D eigenvalue weighted by Crippen LogP contribution is 2.33. The van der Waals surface area contributed by atoms with E-state index in [9.17, 15) is 22.8 Å². The van der Waals surface area contributed by atoms with E-state index in [1.165, 1.54) is 25.2 Å². The number of halogens is 3. The minimum Gasteiger partial charge on any atom is -0.493 e. The molecule has 2 aromatic rings.